The first-order chi connectivity index (χ1) is 9.16. The second-order valence-electron chi connectivity index (χ2n) is 4.22. The van der Waals surface area contributed by atoms with Gasteiger partial charge in [0.2, 0.25) is 0 Å². The van der Waals surface area contributed by atoms with Gasteiger partial charge in [0.15, 0.2) is 0 Å². The van der Waals surface area contributed by atoms with Crippen molar-refractivity contribution in [1.29, 1.82) is 0 Å². The Morgan fingerprint density at radius 3 is 2.53 bits per heavy atom. The fourth-order valence-corrected chi connectivity index (χ4v) is 5.59. The molecule has 0 N–H and O–H groups in total. The largest absolute Gasteiger partial charge is 0.143 e. The van der Waals surface area contributed by atoms with Crippen molar-refractivity contribution >= 4 is 69.2 Å². The van der Waals surface area contributed by atoms with Gasteiger partial charge in [-0.15, -0.1) is 11.3 Å². The summed E-state index contributed by atoms with van der Waals surface area (Å²) in [5.41, 5.74) is 2.57. The summed E-state index contributed by atoms with van der Waals surface area (Å²) in [5, 5.41) is 3.56. The van der Waals surface area contributed by atoms with Gasteiger partial charge in [-0.3, -0.25) is 0 Å². The van der Waals surface area contributed by atoms with Gasteiger partial charge >= 0.3 is 0 Å². The predicted octanol–water partition coefficient (Wildman–Crippen LogP) is 6.91. The summed E-state index contributed by atoms with van der Waals surface area (Å²) >= 11 is 12.8. The molecule has 0 saturated heterocycles. The Morgan fingerprint density at radius 2 is 1.74 bits per heavy atom. The number of benzene rings is 2. The van der Waals surface area contributed by atoms with Gasteiger partial charge in [0, 0.05) is 13.6 Å². The van der Waals surface area contributed by atoms with Crippen LogP contribution in [0.4, 0.5) is 0 Å². The molecule has 4 heteroatoms. The van der Waals surface area contributed by atoms with Crippen LogP contribution in [0.1, 0.15) is 16.0 Å². The highest BCUT2D eigenvalue weighted by Crippen LogP contribution is 2.41. The van der Waals surface area contributed by atoms with Crippen LogP contribution in [0.5, 0.6) is 0 Å². The van der Waals surface area contributed by atoms with Gasteiger partial charge in [0.25, 0.3) is 0 Å². The summed E-state index contributed by atoms with van der Waals surface area (Å²) in [4.78, 5) is 0.200. The Bertz CT molecular complexity index is 733. The zero-order valence-corrected chi connectivity index (χ0v) is 15.3. The van der Waals surface area contributed by atoms with E-state index in [-0.39, 0.29) is 4.83 Å². The number of hydrogen-bond donors (Lipinski definition) is 0. The first-order valence-corrected chi connectivity index (χ1v) is 9.10. The van der Waals surface area contributed by atoms with Crippen LogP contribution in [0.2, 0.25) is 0 Å². The summed E-state index contributed by atoms with van der Waals surface area (Å²) in [6.07, 6.45) is 0. The molecule has 0 aliphatic heterocycles. The first-order valence-electron chi connectivity index (χ1n) is 5.72. The normalized spacial score (nSPS) is 12.8. The van der Waals surface area contributed by atoms with Gasteiger partial charge in [0.05, 0.1) is 4.83 Å². The average molecular weight is 461 g/mol. The Balaban J connectivity index is 2.10. The number of thiophene rings is 1. The van der Waals surface area contributed by atoms with Crippen LogP contribution in [-0.4, -0.2) is 0 Å². The van der Waals surface area contributed by atoms with E-state index in [9.17, 15) is 0 Å². The zero-order valence-electron chi connectivity index (χ0n) is 9.74. The minimum absolute atomic E-state index is 0.200. The van der Waals surface area contributed by atoms with Crippen LogP contribution in [0.15, 0.2) is 56.8 Å². The van der Waals surface area contributed by atoms with Gasteiger partial charge < -0.3 is 0 Å². The van der Waals surface area contributed by atoms with Crippen LogP contribution in [0.25, 0.3) is 10.1 Å². The van der Waals surface area contributed by atoms with Crippen molar-refractivity contribution in [2.75, 3.05) is 0 Å². The highest BCUT2D eigenvalue weighted by molar-refractivity contribution is 9.11. The highest BCUT2D eigenvalue weighted by atomic mass is 79.9. The third kappa shape index (κ3) is 2.68. The molecule has 0 bridgehead atoms. The molecule has 0 aliphatic rings. The molecule has 0 saturated carbocycles. The molecule has 0 nitrogen and oxygen atoms in total. The molecule has 3 aromatic rings. The van der Waals surface area contributed by atoms with Crippen molar-refractivity contribution in [3.63, 3.8) is 0 Å². The van der Waals surface area contributed by atoms with Crippen LogP contribution in [0.3, 0.4) is 0 Å². The molecule has 0 spiro atoms. The van der Waals surface area contributed by atoms with Gasteiger partial charge in [-0.05, 0) is 40.1 Å². The topological polar surface area (TPSA) is 0 Å². The lowest BCUT2D eigenvalue weighted by atomic mass is 10.0. The van der Waals surface area contributed by atoms with Crippen LogP contribution < -0.4 is 0 Å². The summed E-state index contributed by atoms with van der Waals surface area (Å²) in [6.45, 7) is 0. The molecular formula is C15H9Br3S. The third-order valence-electron chi connectivity index (χ3n) is 3.02. The second kappa shape index (κ2) is 5.68. The molecule has 0 fully saturated rings. The third-order valence-corrected chi connectivity index (χ3v) is 6.17. The second-order valence-corrected chi connectivity index (χ2v) is 7.81. The van der Waals surface area contributed by atoms with E-state index in [4.69, 9.17) is 0 Å². The summed E-state index contributed by atoms with van der Waals surface area (Å²) in [5.74, 6) is 0. The number of halogens is 3. The van der Waals surface area contributed by atoms with E-state index < -0.39 is 0 Å². The Morgan fingerprint density at radius 1 is 0.947 bits per heavy atom. The zero-order chi connectivity index (χ0) is 13.4. The maximum absolute atomic E-state index is 3.83. The highest BCUT2D eigenvalue weighted by Gasteiger charge is 2.17. The molecule has 2 aromatic carbocycles. The Hall–Kier alpha value is -0.160. The van der Waals surface area contributed by atoms with Crippen molar-refractivity contribution in [1.82, 2.24) is 0 Å². The molecule has 19 heavy (non-hydrogen) atoms. The number of rotatable bonds is 2. The number of alkyl halides is 1. The monoisotopic (exact) mass is 458 g/mol. The van der Waals surface area contributed by atoms with E-state index in [1.165, 1.54) is 21.2 Å². The van der Waals surface area contributed by atoms with E-state index in [1.807, 2.05) is 0 Å². The fraction of sp³-hybridized carbons (Fsp3) is 0.0667. The van der Waals surface area contributed by atoms with Gasteiger partial charge in [-0.2, -0.15) is 0 Å². The van der Waals surface area contributed by atoms with E-state index in [2.05, 4.69) is 95.6 Å². The SMILES string of the molecule is Brc1ccc(C(Br)c2csc3ccccc23)c(Br)c1. The van der Waals surface area contributed by atoms with Crippen molar-refractivity contribution in [2.45, 2.75) is 4.83 Å². The lowest BCUT2D eigenvalue weighted by molar-refractivity contribution is 1.19. The van der Waals surface area contributed by atoms with E-state index >= 15 is 0 Å². The predicted molar refractivity (Wildman–Crippen MR) is 94.4 cm³/mol. The van der Waals surface area contributed by atoms with Gasteiger partial charge in [-0.1, -0.05) is 72.1 Å². The first kappa shape index (κ1) is 13.8. The van der Waals surface area contributed by atoms with Gasteiger partial charge in [-0.25, -0.2) is 0 Å². The van der Waals surface area contributed by atoms with E-state index in [0.717, 1.165) is 8.95 Å². The lowest BCUT2D eigenvalue weighted by Gasteiger charge is -2.12. The van der Waals surface area contributed by atoms with Crippen molar-refractivity contribution in [3.8, 4) is 0 Å². The summed E-state index contributed by atoms with van der Waals surface area (Å²) in [7, 11) is 0. The molecule has 1 aromatic heterocycles. The van der Waals surface area contributed by atoms with Crippen molar-refractivity contribution < 1.29 is 0 Å². The quantitative estimate of drug-likeness (QED) is 0.364. The molecule has 3 rings (SSSR count). The van der Waals surface area contributed by atoms with E-state index in [1.54, 1.807) is 11.3 Å². The average Bonchev–Trinajstić information content (AvgIpc) is 2.82. The Kier molecular flexibility index (Phi) is 4.13. The Labute approximate surface area is 141 Å². The van der Waals surface area contributed by atoms with Crippen LogP contribution >= 0.6 is 59.1 Å². The molecule has 0 radical (unpaired) electrons. The molecule has 96 valence electrons. The van der Waals surface area contributed by atoms with E-state index in [0.29, 0.717) is 0 Å². The minimum atomic E-state index is 0.200. The number of fused-ring (bicyclic) bond motifs is 1. The lowest BCUT2D eigenvalue weighted by Crippen LogP contribution is -1.92. The van der Waals surface area contributed by atoms with Crippen molar-refractivity contribution in [3.05, 3.63) is 67.9 Å². The smallest absolute Gasteiger partial charge is 0.0669 e. The molecule has 1 heterocycles. The molecule has 0 aliphatic carbocycles. The molecule has 0 amide bonds. The van der Waals surface area contributed by atoms with Crippen LogP contribution in [-0.2, 0) is 0 Å². The fourth-order valence-electron chi connectivity index (χ4n) is 2.07. The maximum atomic E-state index is 3.83. The summed E-state index contributed by atoms with van der Waals surface area (Å²) in [6, 6.07) is 14.8. The molecule has 1 atom stereocenters. The molecular weight excluding hydrogens is 452 g/mol. The minimum Gasteiger partial charge on any atom is -0.143 e. The number of hydrogen-bond acceptors (Lipinski definition) is 1. The standard InChI is InChI=1S/C15H9Br3S/c16-9-5-6-11(13(17)7-9)15(18)12-8-19-14-4-2-1-3-10(12)14/h1-8,15H. The molecule has 1 unspecified atom stereocenters. The van der Waals surface area contributed by atoms with Crippen LogP contribution in [0, 0.1) is 0 Å². The van der Waals surface area contributed by atoms with Gasteiger partial charge in [0.1, 0.15) is 0 Å². The maximum Gasteiger partial charge on any atom is 0.0669 e. The summed E-state index contributed by atoms with van der Waals surface area (Å²) < 4.78 is 3.52. The van der Waals surface area contributed by atoms with Crippen molar-refractivity contribution in [2.24, 2.45) is 0 Å².